The van der Waals surface area contributed by atoms with Crippen molar-refractivity contribution >= 4 is 46.4 Å². The van der Waals surface area contributed by atoms with E-state index >= 15 is 0 Å². The van der Waals surface area contributed by atoms with Gasteiger partial charge in [-0.25, -0.2) is 0 Å². The fourth-order valence-corrected chi connectivity index (χ4v) is 1.87. The summed E-state index contributed by atoms with van der Waals surface area (Å²) in [4.78, 5) is 0. The van der Waals surface area contributed by atoms with Crippen molar-refractivity contribution in [1.29, 1.82) is 0 Å². The van der Waals surface area contributed by atoms with Crippen LogP contribution in [0.1, 0.15) is 11.7 Å². The third kappa shape index (κ3) is 4.15. The molecule has 0 saturated heterocycles. The Morgan fingerprint density at radius 2 is 1.81 bits per heavy atom. The largest absolute Gasteiger partial charge is 0.365 e. The van der Waals surface area contributed by atoms with Gasteiger partial charge in [0.05, 0.1) is 6.61 Å². The van der Waals surface area contributed by atoms with Gasteiger partial charge in [-0.15, -0.1) is 6.58 Å². The van der Waals surface area contributed by atoms with Crippen molar-refractivity contribution in [1.82, 2.24) is 0 Å². The van der Waals surface area contributed by atoms with Crippen molar-refractivity contribution in [3.8, 4) is 0 Å². The lowest BCUT2D eigenvalue weighted by molar-refractivity contribution is 0.0772. The molecule has 5 heteroatoms. The number of benzene rings is 1. The van der Waals surface area contributed by atoms with Crippen LogP contribution < -0.4 is 0 Å². The SMILES string of the molecule is C=CCOC(c1ccc(Cl)cc1)C(Cl)(Cl)Cl. The molecule has 16 heavy (non-hydrogen) atoms. The van der Waals surface area contributed by atoms with Gasteiger partial charge in [-0.1, -0.05) is 64.6 Å². The van der Waals surface area contributed by atoms with Crippen LogP contribution in [0, 0.1) is 0 Å². The zero-order valence-corrected chi connectivity index (χ0v) is 11.3. The zero-order valence-electron chi connectivity index (χ0n) is 8.30. The van der Waals surface area contributed by atoms with E-state index in [4.69, 9.17) is 51.1 Å². The topological polar surface area (TPSA) is 9.23 Å². The second-order valence-electron chi connectivity index (χ2n) is 3.10. The summed E-state index contributed by atoms with van der Waals surface area (Å²) >= 11 is 23.3. The molecule has 0 N–H and O–H groups in total. The molecule has 0 aromatic heterocycles. The van der Waals surface area contributed by atoms with E-state index in [1.807, 2.05) is 0 Å². The Balaban J connectivity index is 2.92. The second kappa shape index (κ2) is 6.13. The predicted octanol–water partition coefficient (Wildman–Crippen LogP) is 4.95. The smallest absolute Gasteiger partial charge is 0.220 e. The number of hydrogen-bond acceptors (Lipinski definition) is 1. The Labute approximate surface area is 115 Å². The summed E-state index contributed by atoms with van der Waals surface area (Å²) in [6.45, 7) is 3.85. The number of rotatable bonds is 4. The lowest BCUT2D eigenvalue weighted by Crippen LogP contribution is -2.20. The summed E-state index contributed by atoms with van der Waals surface area (Å²) in [6.07, 6.45) is 0.951. The molecule has 0 amide bonds. The summed E-state index contributed by atoms with van der Waals surface area (Å²) < 4.78 is 3.89. The van der Waals surface area contributed by atoms with E-state index in [-0.39, 0.29) is 0 Å². The molecule has 1 nitrogen and oxygen atoms in total. The number of ether oxygens (including phenoxy) is 1. The number of halogens is 4. The molecule has 1 aromatic carbocycles. The van der Waals surface area contributed by atoms with Crippen LogP contribution in [-0.2, 0) is 4.74 Å². The third-order valence-electron chi connectivity index (χ3n) is 1.85. The predicted molar refractivity (Wildman–Crippen MR) is 70.6 cm³/mol. The van der Waals surface area contributed by atoms with Gasteiger partial charge in [0.1, 0.15) is 6.10 Å². The Kier molecular flexibility index (Phi) is 5.42. The Morgan fingerprint density at radius 3 is 2.25 bits per heavy atom. The molecule has 0 radical (unpaired) electrons. The monoisotopic (exact) mass is 298 g/mol. The van der Waals surface area contributed by atoms with E-state index < -0.39 is 9.90 Å². The van der Waals surface area contributed by atoms with Gasteiger partial charge in [-0.05, 0) is 17.7 Å². The number of hydrogen-bond donors (Lipinski definition) is 0. The average Bonchev–Trinajstić information content (AvgIpc) is 2.19. The van der Waals surface area contributed by atoms with Crippen LogP contribution in [-0.4, -0.2) is 10.4 Å². The highest BCUT2D eigenvalue weighted by molar-refractivity contribution is 6.68. The maximum Gasteiger partial charge on any atom is 0.220 e. The van der Waals surface area contributed by atoms with Gasteiger partial charge in [0.2, 0.25) is 3.79 Å². The van der Waals surface area contributed by atoms with Crippen LogP contribution in [0.25, 0.3) is 0 Å². The van der Waals surface area contributed by atoms with E-state index in [1.54, 1.807) is 30.3 Å². The maximum atomic E-state index is 5.85. The minimum absolute atomic E-state index is 0.307. The van der Waals surface area contributed by atoms with E-state index in [0.29, 0.717) is 11.6 Å². The van der Waals surface area contributed by atoms with Crippen molar-refractivity contribution < 1.29 is 4.74 Å². The molecule has 1 rings (SSSR count). The fraction of sp³-hybridized carbons (Fsp3) is 0.273. The molecular weight excluding hydrogens is 290 g/mol. The Hall–Kier alpha value is 0.0800. The van der Waals surface area contributed by atoms with Gasteiger partial charge < -0.3 is 4.74 Å². The van der Waals surface area contributed by atoms with Crippen LogP contribution in [0.5, 0.6) is 0 Å². The Morgan fingerprint density at radius 1 is 1.25 bits per heavy atom. The van der Waals surface area contributed by atoms with Gasteiger partial charge in [-0.3, -0.25) is 0 Å². The zero-order chi connectivity index (χ0) is 12.2. The van der Waals surface area contributed by atoms with Crippen LogP contribution >= 0.6 is 46.4 Å². The van der Waals surface area contributed by atoms with E-state index in [0.717, 1.165) is 5.56 Å². The first-order chi connectivity index (χ1) is 7.45. The average molecular weight is 300 g/mol. The van der Waals surface area contributed by atoms with Crippen LogP contribution in [0.4, 0.5) is 0 Å². The van der Waals surface area contributed by atoms with Gasteiger partial charge in [0, 0.05) is 5.02 Å². The highest BCUT2D eigenvalue weighted by Crippen LogP contribution is 2.42. The Bertz CT molecular complexity index is 342. The van der Waals surface area contributed by atoms with Crippen molar-refractivity contribution in [2.75, 3.05) is 6.61 Å². The molecule has 1 atom stereocenters. The molecule has 0 aliphatic carbocycles. The van der Waals surface area contributed by atoms with Crippen LogP contribution in [0.2, 0.25) is 5.02 Å². The lowest BCUT2D eigenvalue weighted by Gasteiger charge is -2.24. The summed E-state index contributed by atoms with van der Waals surface area (Å²) in [7, 11) is 0. The maximum absolute atomic E-state index is 5.85. The van der Waals surface area contributed by atoms with Gasteiger partial charge in [0.15, 0.2) is 0 Å². The minimum atomic E-state index is -1.53. The van der Waals surface area contributed by atoms with Gasteiger partial charge in [0.25, 0.3) is 0 Å². The summed E-state index contributed by atoms with van der Waals surface area (Å²) in [5.74, 6) is 0. The highest BCUT2D eigenvalue weighted by Gasteiger charge is 2.34. The third-order valence-corrected chi connectivity index (χ3v) is 2.70. The molecule has 0 bridgehead atoms. The van der Waals surface area contributed by atoms with Crippen LogP contribution in [0.3, 0.4) is 0 Å². The van der Waals surface area contributed by atoms with Crippen molar-refractivity contribution in [3.05, 3.63) is 47.5 Å². The van der Waals surface area contributed by atoms with E-state index in [9.17, 15) is 0 Å². The van der Waals surface area contributed by atoms with Gasteiger partial charge >= 0.3 is 0 Å². The molecule has 0 heterocycles. The standard InChI is InChI=1S/C11H10Cl4O/c1-2-7-16-10(11(13,14)15)8-3-5-9(12)6-4-8/h2-6,10H,1,7H2. The minimum Gasteiger partial charge on any atom is -0.365 e. The van der Waals surface area contributed by atoms with E-state index in [2.05, 4.69) is 6.58 Å². The fourth-order valence-electron chi connectivity index (χ4n) is 1.18. The van der Waals surface area contributed by atoms with Gasteiger partial charge in [-0.2, -0.15) is 0 Å². The molecule has 0 aliphatic heterocycles. The van der Waals surface area contributed by atoms with Crippen molar-refractivity contribution in [2.45, 2.75) is 9.90 Å². The highest BCUT2D eigenvalue weighted by atomic mass is 35.6. The number of alkyl halides is 3. The lowest BCUT2D eigenvalue weighted by atomic mass is 10.1. The van der Waals surface area contributed by atoms with Crippen molar-refractivity contribution in [2.24, 2.45) is 0 Å². The molecule has 0 saturated carbocycles. The molecule has 1 aromatic rings. The summed E-state index contributed by atoms with van der Waals surface area (Å²) in [5.41, 5.74) is 0.756. The summed E-state index contributed by atoms with van der Waals surface area (Å²) in [6, 6.07) is 6.96. The first kappa shape index (κ1) is 14.1. The molecule has 88 valence electrons. The first-order valence-corrected chi connectivity index (χ1v) is 6.01. The molecule has 1 unspecified atom stereocenters. The second-order valence-corrected chi connectivity index (χ2v) is 5.90. The first-order valence-electron chi connectivity index (χ1n) is 4.50. The molecule has 0 fully saturated rings. The van der Waals surface area contributed by atoms with E-state index in [1.165, 1.54) is 0 Å². The normalized spacial score (nSPS) is 13.5. The quantitative estimate of drug-likeness (QED) is 0.564. The molecular formula is C11H10Cl4O. The molecule has 0 aliphatic rings. The van der Waals surface area contributed by atoms with Crippen LogP contribution in [0.15, 0.2) is 36.9 Å². The summed E-state index contributed by atoms with van der Waals surface area (Å²) in [5, 5.41) is 0.621. The molecule has 0 spiro atoms. The van der Waals surface area contributed by atoms with Crippen molar-refractivity contribution in [3.63, 3.8) is 0 Å².